The second-order valence-corrected chi connectivity index (χ2v) is 8.60. The van der Waals surface area contributed by atoms with Crippen LogP contribution in [0.2, 0.25) is 0 Å². The number of urea groups is 1. The second kappa shape index (κ2) is 7.10. The molecule has 27 heavy (non-hydrogen) atoms. The zero-order chi connectivity index (χ0) is 19.0. The molecule has 1 aromatic rings. The van der Waals surface area contributed by atoms with Crippen LogP contribution in [0.15, 0.2) is 4.52 Å². The first-order valence-corrected chi connectivity index (χ1v) is 9.72. The third-order valence-corrected chi connectivity index (χ3v) is 6.43. The van der Waals surface area contributed by atoms with E-state index in [1.54, 1.807) is 4.90 Å². The number of aliphatic hydroxyl groups excluding tert-OH is 1. The molecule has 9 nitrogen and oxygen atoms in total. The summed E-state index contributed by atoms with van der Waals surface area (Å²) in [5.74, 6) is 1.53. The molecular formula is C18H27N5O4. The van der Waals surface area contributed by atoms with Gasteiger partial charge in [0, 0.05) is 13.1 Å². The minimum absolute atomic E-state index is 0.0401. The molecule has 0 aliphatic heterocycles. The van der Waals surface area contributed by atoms with Gasteiger partial charge in [-0.2, -0.15) is 4.98 Å². The zero-order valence-electron chi connectivity index (χ0n) is 15.4. The first-order chi connectivity index (χ1) is 13.0. The molecule has 1 heterocycles. The van der Waals surface area contributed by atoms with Crippen molar-refractivity contribution in [1.82, 2.24) is 20.4 Å². The van der Waals surface area contributed by atoms with Gasteiger partial charge in [0.1, 0.15) is 0 Å². The van der Waals surface area contributed by atoms with E-state index in [0.29, 0.717) is 13.1 Å². The van der Waals surface area contributed by atoms with Crippen LogP contribution >= 0.6 is 0 Å². The molecule has 4 N–H and O–H groups in total. The Morgan fingerprint density at radius 3 is 2.37 bits per heavy atom. The number of carbonyl (C=O) groups excluding carboxylic acids is 2. The lowest BCUT2D eigenvalue weighted by molar-refractivity contribution is -0.0647. The molecule has 0 saturated heterocycles. The Kier molecular flexibility index (Phi) is 4.79. The number of nitrogens with two attached hydrogens (primary N) is 1. The summed E-state index contributed by atoms with van der Waals surface area (Å²) in [5.41, 5.74) is 5.28. The standard InChI is InChI=1S/C18H27N5O4/c19-15(25)16-21-14(22-27-16)9-20-17(26)23(1-2-24)10-18-6-11-3-12(7-18)5-13(4-11)8-18/h11-13,24H,1-10H2,(H2,19,25)(H,20,26). The number of rotatable bonds is 7. The highest BCUT2D eigenvalue weighted by Crippen LogP contribution is 2.60. The molecule has 148 valence electrons. The smallest absolute Gasteiger partial charge is 0.317 e. The number of hydrogen-bond donors (Lipinski definition) is 3. The first kappa shape index (κ1) is 18.2. The molecule has 0 spiro atoms. The Hall–Kier alpha value is -2.16. The van der Waals surface area contributed by atoms with E-state index in [0.717, 1.165) is 17.8 Å². The molecular weight excluding hydrogens is 350 g/mol. The van der Waals surface area contributed by atoms with E-state index >= 15 is 0 Å². The molecule has 0 radical (unpaired) electrons. The number of nitrogens with zero attached hydrogens (tertiary/aromatic N) is 3. The lowest BCUT2D eigenvalue weighted by Gasteiger charge is -2.57. The van der Waals surface area contributed by atoms with Crippen molar-refractivity contribution in [3.63, 3.8) is 0 Å². The molecule has 9 heteroatoms. The van der Waals surface area contributed by atoms with Crippen molar-refractivity contribution in [2.45, 2.75) is 45.1 Å². The predicted octanol–water partition coefficient (Wildman–Crippen LogP) is 0.889. The molecule has 0 aromatic carbocycles. The van der Waals surface area contributed by atoms with Crippen LogP contribution in [0.4, 0.5) is 4.79 Å². The van der Waals surface area contributed by atoms with Crippen LogP contribution in [0, 0.1) is 23.2 Å². The monoisotopic (exact) mass is 377 g/mol. The Labute approximate surface area is 157 Å². The van der Waals surface area contributed by atoms with E-state index in [9.17, 15) is 14.7 Å². The Morgan fingerprint density at radius 2 is 1.85 bits per heavy atom. The number of carbonyl (C=O) groups is 2. The van der Waals surface area contributed by atoms with E-state index in [2.05, 4.69) is 15.5 Å². The summed E-state index contributed by atoms with van der Waals surface area (Å²) >= 11 is 0. The predicted molar refractivity (Wildman–Crippen MR) is 94.3 cm³/mol. The summed E-state index contributed by atoms with van der Waals surface area (Å²) in [7, 11) is 0. The Bertz CT molecular complexity index is 683. The number of amides is 3. The van der Waals surface area contributed by atoms with Gasteiger partial charge in [0.15, 0.2) is 5.82 Å². The summed E-state index contributed by atoms with van der Waals surface area (Å²) in [6, 6.07) is -0.259. The topological polar surface area (TPSA) is 135 Å². The summed E-state index contributed by atoms with van der Waals surface area (Å²) in [4.78, 5) is 29.2. The molecule has 0 unspecified atom stereocenters. The fraction of sp³-hybridized carbons (Fsp3) is 0.778. The zero-order valence-corrected chi connectivity index (χ0v) is 15.4. The SMILES string of the molecule is NC(=O)c1nc(CNC(=O)N(CCO)CC23CC4CC(CC(C4)C2)C3)no1. The van der Waals surface area contributed by atoms with E-state index in [4.69, 9.17) is 10.3 Å². The minimum atomic E-state index is -0.802. The third-order valence-electron chi connectivity index (χ3n) is 6.43. The van der Waals surface area contributed by atoms with E-state index < -0.39 is 5.91 Å². The maximum Gasteiger partial charge on any atom is 0.317 e. The molecule has 4 aliphatic rings. The van der Waals surface area contributed by atoms with Crippen molar-refractivity contribution in [1.29, 1.82) is 0 Å². The average Bonchev–Trinajstić information content (AvgIpc) is 3.07. The highest BCUT2D eigenvalue weighted by atomic mass is 16.5. The van der Waals surface area contributed by atoms with Gasteiger partial charge in [0.25, 0.3) is 0 Å². The van der Waals surface area contributed by atoms with Crippen molar-refractivity contribution in [3.8, 4) is 0 Å². The van der Waals surface area contributed by atoms with Gasteiger partial charge in [-0.25, -0.2) is 4.79 Å². The van der Waals surface area contributed by atoms with Gasteiger partial charge in [-0.05, 0) is 61.7 Å². The first-order valence-electron chi connectivity index (χ1n) is 9.72. The average molecular weight is 377 g/mol. The van der Waals surface area contributed by atoms with Gasteiger partial charge in [0.2, 0.25) is 0 Å². The Balaban J connectivity index is 1.38. The fourth-order valence-corrected chi connectivity index (χ4v) is 5.95. The summed E-state index contributed by atoms with van der Waals surface area (Å²) < 4.78 is 4.72. The molecule has 4 aliphatic carbocycles. The minimum Gasteiger partial charge on any atom is -0.395 e. The molecule has 4 bridgehead atoms. The lowest BCUT2D eigenvalue weighted by Crippen LogP contribution is -2.54. The van der Waals surface area contributed by atoms with Crippen molar-refractivity contribution in [2.24, 2.45) is 28.9 Å². The molecule has 5 rings (SSSR count). The van der Waals surface area contributed by atoms with Gasteiger partial charge in [-0.1, -0.05) is 5.16 Å². The highest BCUT2D eigenvalue weighted by molar-refractivity contribution is 5.87. The number of primary amides is 1. The number of aromatic nitrogens is 2. The molecule has 4 fully saturated rings. The Morgan fingerprint density at radius 1 is 1.22 bits per heavy atom. The quantitative estimate of drug-likeness (QED) is 0.646. The van der Waals surface area contributed by atoms with E-state index in [-0.39, 0.29) is 36.3 Å². The van der Waals surface area contributed by atoms with Crippen molar-refractivity contribution < 1.29 is 19.2 Å². The largest absolute Gasteiger partial charge is 0.395 e. The van der Waals surface area contributed by atoms with Gasteiger partial charge in [-0.3, -0.25) is 4.79 Å². The maximum absolute atomic E-state index is 12.7. The van der Waals surface area contributed by atoms with Crippen LogP contribution in [-0.2, 0) is 6.54 Å². The molecule has 4 saturated carbocycles. The lowest BCUT2D eigenvalue weighted by atomic mass is 9.49. The van der Waals surface area contributed by atoms with Crippen LogP contribution in [0.1, 0.15) is 55.0 Å². The number of aliphatic hydroxyl groups is 1. The van der Waals surface area contributed by atoms with Gasteiger partial charge < -0.3 is 25.6 Å². The van der Waals surface area contributed by atoms with E-state index in [1.807, 2.05) is 0 Å². The molecule has 1 aromatic heterocycles. The molecule has 0 atom stereocenters. The van der Waals surface area contributed by atoms with Crippen LogP contribution < -0.4 is 11.1 Å². The highest BCUT2D eigenvalue weighted by Gasteiger charge is 2.51. The van der Waals surface area contributed by atoms with Crippen molar-refractivity contribution >= 4 is 11.9 Å². The summed E-state index contributed by atoms with van der Waals surface area (Å²) in [6.07, 6.45) is 7.64. The van der Waals surface area contributed by atoms with Crippen LogP contribution in [0.5, 0.6) is 0 Å². The fourth-order valence-electron chi connectivity index (χ4n) is 5.95. The number of hydrogen-bond acceptors (Lipinski definition) is 6. The van der Waals surface area contributed by atoms with E-state index in [1.165, 1.54) is 38.5 Å². The van der Waals surface area contributed by atoms with Gasteiger partial charge in [0.05, 0.1) is 13.2 Å². The van der Waals surface area contributed by atoms with Crippen LogP contribution in [0.3, 0.4) is 0 Å². The number of nitrogens with one attached hydrogen (secondary N) is 1. The second-order valence-electron chi connectivity index (χ2n) is 8.60. The van der Waals surface area contributed by atoms with Gasteiger partial charge in [-0.15, -0.1) is 0 Å². The van der Waals surface area contributed by atoms with Crippen molar-refractivity contribution in [2.75, 3.05) is 19.7 Å². The van der Waals surface area contributed by atoms with Crippen LogP contribution in [-0.4, -0.2) is 51.8 Å². The summed E-state index contributed by atoms with van der Waals surface area (Å²) in [5, 5.41) is 15.8. The maximum atomic E-state index is 12.7. The van der Waals surface area contributed by atoms with Gasteiger partial charge >= 0.3 is 17.8 Å². The molecule has 3 amide bonds. The third kappa shape index (κ3) is 3.78. The van der Waals surface area contributed by atoms with Crippen molar-refractivity contribution in [3.05, 3.63) is 11.7 Å². The normalized spacial score (nSPS) is 31.1. The summed E-state index contributed by atoms with van der Waals surface area (Å²) in [6.45, 7) is 0.945. The van der Waals surface area contributed by atoms with Crippen LogP contribution in [0.25, 0.3) is 0 Å².